The minimum Gasteiger partial charge on any atom is -0.310 e. The molecule has 6 rings (SSSR count). The summed E-state index contributed by atoms with van der Waals surface area (Å²) in [6.07, 6.45) is 0.932. The zero-order valence-corrected chi connectivity index (χ0v) is 20.5. The van der Waals surface area contributed by atoms with Gasteiger partial charge < -0.3 is 4.90 Å². The number of para-hydroxylation sites is 1. The highest BCUT2D eigenvalue weighted by Crippen LogP contribution is 2.50. The number of benzene rings is 5. The van der Waals surface area contributed by atoms with Crippen LogP contribution in [-0.2, 0) is 5.41 Å². The molecule has 0 spiro atoms. The molecular formula is C34H27NO. The van der Waals surface area contributed by atoms with Crippen LogP contribution >= 0.6 is 0 Å². The number of anilines is 3. The van der Waals surface area contributed by atoms with Gasteiger partial charge in [0, 0.05) is 28.0 Å². The van der Waals surface area contributed by atoms with Gasteiger partial charge in [-0.1, -0.05) is 92.7 Å². The third-order valence-corrected chi connectivity index (χ3v) is 7.32. The summed E-state index contributed by atoms with van der Waals surface area (Å²) in [4.78, 5) is 13.8. The van der Waals surface area contributed by atoms with E-state index in [0.29, 0.717) is 0 Å². The van der Waals surface area contributed by atoms with E-state index < -0.39 is 0 Å². The second kappa shape index (κ2) is 8.66. The molecule has 1 aliphatic rings. The summed E-state index contributed by atoms with van der Waals surface area (Å²) in [5, 5.41) is 0. The summed E-state index contributed by atoms with van der Waals surface area (Å²) in [6, 6.07) is 42.5. The lowest BCUT2D eigenvalue weighted by molar-refractivity contribution is 0.112. The third-order valence-electron chi connectivity index (χ3n) is 7.32. The highest BCUT2D eigenvalue weighted by atomic mass is 16.1. The van der Waals surface area contributed by atoms with Crippen LogP contribution < -0.4 is 4.90 Å². The third kappa shape index (κ3) is 3.63. The van der Waals surface area contributed by atoms with E-state index in [1.807, 2.05) is 24.3 Å². The Morgan fingerprint density at radius 1 is 0.556 bits per heavy atom. The van der Waals surface area contributed by atoms with Gasteiger partial charge in [-0.05, 0) is 75.8 Å². The van der Waals surface area contributed by atoms with Crippen molar-refractivity contribution in [2.45, 2.75) is 19.3 Å². The molecule has 2 heteroatoms. The Bertz CT molecular complexity index is 1550. The molecule has 36 heavy (non-hydrogen) atoms. The van der Waals surface area contributed by atoms with E-state index in [4.69, 9.17) is 0 Å². The molecule has 1 aliphatic carbocycles. The molecule has 0 fully saturated rings. The van der Waals surface area contributed by atoms with Crippen molar-refractivity contribution in [3.8, 4) is 22.3 Å². The zero-order chi connectivity index (χ0) is 24.7. The highest BCUT2D eigenvalue weighted by Gasteiger charge is 2.36. The van der Waals surface area contributed by atoms with Gasteiger partial charge in [0.2, 0.25) is 0 Å². The first kappa shape index (κ1) is 22.1. The Hall–Kier alpha value is -4.43. The molecule has 0 heterocycles. The van der Waals surface area contributed by atoms with E-state index >= 15 is 0 Å². The van der Waals surface area contributed by atoms with Crippen molar-refractivity contribution in [2.75, 3.05) is 4.90 Å². The smallest absolute Gasteiger partial charge is 0.150 e. The minimum absolute atomic E-state index is 0.195. The number of carbonyl (C=O) groups is 1. The number of nitrogens with zero attached hydrogens (tertiary/aromatic N) is 1. The monoisotopic (exact) mass is 465 g/mol. The predicted octanol–water partition coefficient (Wildman–Crippen LogP) is 8.94. The summed E-state index contributed by atoms with van der Waals surface area (Å²) >= 11 is 0. The van der Waals surface area contributed by atoms with Gasteiger partial charge in [-0.3, -0.25) is 4.79 Å². The molecule has 0 saturated carbocycles. The maximum atomic E-state index is 11.5. The molecule has 2 nitrogen and oxygen atoms in total. The summed E-state index contributed by atoms with van der Waals surface area (Å²) in [5.41, 5.74) is 11.2. The van der Waals surface area contributed by atoms with Crippen molar-refractivity contribution < 1.29 is 4.79 Å². The predicted molar refractivity (Wildman–Crippen MR) is 150 cm³/mol. The number of rotatable bonds is 5. The number of fused-ring (bicyclic) bond motifs is 3. The van der Waals surface area contributed by atoms with Gasteiger partial charge in [-0.15, -0.1) is 0 Å². The SMILES string of the molecule is CC1(C)c2cc(C=O)ccc2-c2ccc(N(c3ccccc3)c3ccc(-c4ccccc4)cc3)cc21. The molecule has 0 N–H and O–H groups in total. The van der Waals surface area contributed by atoms with Gasteiger partial charge in [0.15, 0.2) is 0 Å². The molecule has 0 unspecified atom stereocenters. The first-order valence-corrected chi connectivity index (χ1v) is 12.3. The first-order chi connectivity index (χ1) is 17.6. The van der Waals surface area contributed by atoms with Gasteiger partial charge in [0.1, 0.15) is 6.29 Å². The first-order valence-electron chi connectivity index (χ1n) is 12.3. The maximum Gasteiger partial charge on any atom is 0.150 e. The molecule has 0 amide bonds. The van der Waals surface area contributed by atoms with Crippen LogP contribution in [0.2, 0.25) is 0 Å². The van der Waals surface area contributed by atoms with Gasteiger partial charge in [0.05, 0.1) is 0 Å². The standard InChI is InChI=1S/C34H27NO/c1-34(2)32-21-24(23-36)13-19-30(32)31-20-18-29(22-33(31)34)35(27-11-7-4-8-12-27)28-16-14-26(15-17-28)25-9-5-3-6-10-25/h3-23H,1-2H3. The molecular weight excluding hydrogens is 438 g/mol. The van der Waals surface area contributed by atoms with E-state index in [2.05, 4.69) is 116 Å². The van der Waals surface area contributed by atoms with Gasteiger partial charge in [0.25, 0.3) is 0 Å². The topological polar surface area (TPSA) is 20.3 Å². The Balaban J connectivity index is 1.46. The van der Waals surface area contributed by atoms with Gasteiger partial charge in [-0.25, -0.2) is 0 Å². The highest BCUT2D eigenvalue weighted by molar-refractivity contribution is 5.88. The second-order valence-electron chi connectivity index (χ2n) is 9.86. The molecule has 0 radical (unpaired) electrons. The van der Waals surface area contributed by atoms with Crippen molar-refractivity contribution in [2.24, 2.45) is 0 Å². The van der Waals surface area contributed by atoms with Crippen molar-refractivity contribution in [3.63, 3.8) is 0 Å². The number of hydrogen-bond donors (Lipinski definition) is 0. The number of carbonyl (C=O) groups excluding carboxylic acids is 1. The Labute approximate surface area is 212 Å². The van der Waals surface area contributed by atoms with Crippen LogP contribution in [0.3, 0.4) is 0 Å². The van der Waals surface area contributed by atoms with Crippen LogP contribution in [0.4, 0.5) is 17.1 Å². The molecule has 5 aromatic rings. The average molecular weight is 466 g/mol. The number of hydrogen-bond acceptors (Lipinski definition) is 2. The van der Waals surface area contributed by atoms with Gasteiger partial charge >= 0.3 is 0 Å². The van der Waals surface area contributed by atoms with Crippen LogP contribution in [0.5, 0.6) is 0 Å². The lowest BCUT2D eigenvalue weighted by Gasteiger charge is -2.28. The van der Waals surface area contributed by atoms with Crippen LogP contribution in [0.15, 0.2) is 121 Å². The fraction of sp³-hybridized carbons (Fsp3) is 0.0882. The Morgan fingerprint density at radius 2 is 1.08 bits per heavy atom. The van der Waals surface area contributed by atoms with E-state index in [1.54, 1.807) is 0 Å². The van der Waals surface area contributed by atoms with Crippen molar-refractivity contribution in [1.82, 2.24) is 0 Å². The summed E-state index contributed by atoms with van der Waals surface area (Å²) in [7, 11) is 0. The lowest BCUT2D eigenvalue weighted by atomic mass is 9.82. The maximum absolute atomic E-state index is 11.5. The normalized spacial score (nSPS) is 13.1. The molecule has 0 saturated heterocycles. The largest absolute Gasteiger partial charge is 0.310 e. The molecule has 174 valence electrons. The lowest BCUT2D eigenvalue weighted by Crippen LogP contribution is -2.16. The zero-order valence-electron chi connectivity index (χ0n) is 20.5. The quantitative estimate of drug-likeness (QED) is 0.241. The summed E-state index contributed by atoms with van der Waals surface area (Å²) in [5.74, 6) is 0. The number of aldehydes is 1. The molecule has 0 aromatic heterocycles. The van der Waals surface area contributed by atoms with Crippen LogP contribution in [0, 0.1) is 0 Å². The Morgan fingerprint density at radius 3 is 1.75 bits per heavy atom. The molecule has 0 atom stereocenters. The van der Waals surface area contributed by atoms with Crippen molar-refractivity contribution in [3.05, 3.63) is 138 Å². The fourth-order valence-electron chi connectivity index (χ4n) is 5.41. The average Bonchev–Trinajstić information content (AvgIpc) is 3.16. The van der Waals surface area contributed by atoms with E-state index in [0.717, 1.165) is 28.9 Å². The van der Waals surface area contributed by atoms with E-state index in [1.165, 1.54) is 33.4 Å². The molecule has 0 aliphatic heterocycles. The second-order valence-corrected chi connectivity index (χ2v) is 9.86. The minimum atomic E-state index is -0.195. The van der Waals surface area contributed by atoms with E-state index in [-0.39, 0.29) is 5.41 Å². The van der Waals surface area contributed by atoms with Crippen molar-refractivity contribution in [1.29, 1.82) is 0 Å². The van der Waals surface area contributed by atoms with Crippen LogP contribution in [-0.4, -0.2) is 6.29 Å². The molecule has 5 aromatic carbocycles. The van der Waals surface area contributed by atoms with Crippen molar-refractivity contribution >= 4 is 23.3 Å². The van der Waals surface area contributed by atoms with Crippen LogP contribution in [0.1, 0.15) is 35.3 Å². The summed E-state index contributed by atoms with van der Waals surface area (Å²) in [6.45, 7) is 4.50. The van der Waals surface area contributed by atoms with Crippen LogP contribution in [0.25, 0.3) is 22.3 Å². The molecule has 0 bridgehead atoms. The van der Waals surface area contributed by atoms with E-state index in [9.17, 15) is 4.79 Å². The Kier molecular flexibility index (Phi) is 5.30. The fourth-order valence-corrected chi connectivity index (χ4v) is 5.41. The van der Waals surface area contributed by atoms with Gasteiger partial charge in [-0.2, -0.15) is 0 Å². The summed E-state index contributed by atoms with van der Waals surface area (Å²) < 4.78 is 0.